The summed E-state index contributed by atoms with van der Waals surface area (Å²) < 4.78 is 47.2. The van der Waals surface area contributed by atoms with Crippen molar-refractivity contribution in [2.45, 2.75) is 17.5 Å². The second-order valence-corrected chi connectivity index (χ2v) is 4.82. The molecule has 0 saturated carbocycles. The summed E-state index contributed by atoms with van der Waals surface area (Å²) in [5.74, 6) is -1.77. The number of aromatic carboxylic acids is 1. The Bertz CT molecular complexity index is 443. The number of carbonyl (C=O) groups is 1. The third-order valence-corrected chi connectivity index (χ3v) is 3.27. The number of hydrogen-bond acceptors (Lipinski definition) is 2. The fraction of sp³-hybridized carbons (Fsp3) is 0.300. The number of rotatable bonds is 4. The Balaban J connectivity index is 2.76. The normalized spacial score (nSPS) is 13.4. The summed E-state index contributed by atoms with van der Waals surface area (Å²) in [6.07, 6.45) is -5.52. The number of benzene rings is 1. The molecule has 0 aliphatic heterocycles. The fourth-order valence-electron chi connectivity index (χ4n) is 1.10. The van der Waals surface area contributed by atoms with Gasteiger partial charge in [-0.2, -0.15) is 13.2 Å². The molecular formula is C10H9F3O3S. The van der Waals surface area contributed by atoms with E-state index in [9.17, 15) is 22.2 Å². The molecule has 0 bridgehead atoms. The molecule has 1 rings (SSSR count). The molecule has 7 heteroatoms. The standard InChI is InChI=1S/C10H9F3O3S/c11-10(12,13)4-5-17(16)8-3-1-2-7(6-8)9(14)15/h1-3,6H,4-5H2,(H,14,15). The lowest BCUT2D eigenvalue weighted by molar-refractivity contribution is -0.129. The first-order valence-electron chi connectivity index (χ1n) is 4.58. The van der Waals surface area contributed by atoms with Crippen LogP contribution in [0, 0.1) is 0 Å². The summed E-state index contributed by atoms with van der Waals surface area (Å²) in [7, 11) is -1.84. The lowest BCUT2D eigenvalue weighted by Gasteiger charge is -2.06. The van der Waals surface area contributed by atoms with Gasteiger partial charge in [-0.25, -0.2) is 4.79 Å². The third kappa shape index (κ3) is 4.56. The van der Waals surface area contributed by atoms with E-state index in [1.165, 1.54) is 18.2 Å². The Kier molecular flexibility index (Phi) is 4.28. The molecule has 0 radical (unpaired) electrons. The Hall–Kier alpha value is -1.37. The van der Waals surface area contributed by atoms with E-state index < -0.39 is 35.1 Å². The SMILES string of the molecule is O=C(O)c1cccc(S(=O)CCC(F)(F)F)c1. The topological polar surface area (TPSA) is 54.4 Å². The molecule has 0 fully saturated rings. The molecule has 1 atom stereocenters. The quantitative estimate of drug-likeness (QED) is 0.910. The van der Waals surface area contributed by atoms with Gasteiger partial charge in [0, 0.05) is 10.6 Å². The van der Waals surface area contributed by atoms with E-state index in [2.05, 4.69) is 0 Å². The first-order chi connectivity index (χ1) is 7.79. The Morgan fingerprint density at radius 1 is 1.35 bits per heavy atom. The van der Waals surface area contributed by atoms with E-state index in [1.54, 1.807) is 0 Å². The van der Waals surface area contributed by atoms with Gasteiger partial charge >= 0.3 is 12.1 Å². The van der Waals surface area contributed by atoms with Crippen LogP contribution in [0.5, 0.6) is 0 Å². The van der Waals surface area contributed by atoms with Gasteiger partial charge in [0.25, 0.3) is 0 Å². The van der Waals surface area contributed by atoms with Crippen LogP contribution in [-0.4, -0.2) is 27.2 Å². The van der Waals surface area contributed by atoms with Crippen molar-refractivity contribution in [3.8, 4) is 0 Å². The van der Waals surface area contributed by atoms with Gasteiger partial charge in [0.05, 0.1) is 22.8 Å². The van der Waals surface area contributed by atoms with Crippen LogP contribution < -0.4 is 0 Å². The highest BCUT2D eigenvalue weighted by molar-refractivity contribution is 7.85. The minimum Gasteiger partial charge on any atom is -0.478 e. The molecule has 0 saturated heterocycles. The van der Waals surface area contributed by atoms with Gasteiger partial charge in [-0.1, -0.05) is 6.07 Å². The smallest absolute Gasteiger partial charge is 0.390 e. The molecule has 94 valence electrons. The third-order valence-electron chi connectivity index (χ3n) is 1.91. The summed E-state index contributed by atoms with van der Waals surface area (Å²) in [4.78, 5) is 10.7. The summed E-state index contributed by atoms with van der Waals surface area (Å²) in [5.41, 5.74) is -0.0946. The number of carboxylic acid groups (broad SMARTS) is 1. The predicted molar refractivity (Wildman–Crippen MR) is 55.3 cm³/mol. The molecule has 1 N–H and O–H groups in total. The number of halogens is 3. The first kappa shape index (κ1) is 13.7. The molecule has 1 unspecified atom stereocenters. The number of carboxylic acids is 1. The van der Waals surface area contributed by atoms with E-state index in [4.69, 9.17) is 5.11 Å². The van der Waals surface area contributed by atoms with E-state index >= 15 is 0 Å². The van der Waals surface area contributed by atoms with Crippen LogP contribution in [0.1, 0.15) is 16.8 Å². The van der Waals surface area contributed by atoms with Crippen molar-refractivity contribution in [1.29, 1.82) is 0 Å². The summed E-state index contributed by atoms with van der Waals surface area (Å²) in [6.45, 7) is 0. The average molecular weight is 266 g/mol. The first-order valence-corrected chi connectivity index (χ1v) is 5.90. The fourth-order valence-corrected chi connectivity index (χ4v) is 2.24. The summed E-state index contributed by atoms with van der Waals surface area (Å²) in [6, 6.07) is 5.10. The van der Waals surface area contributed by atoms with Crippen molar-refractivity contribution in [2.24, 2.45) is 0 Å². The van der Waals surface area contributed by atoms with Gasteiger partial charge in [0.15, 0.2) is 0 Å². The van der Waals surface area contributed by atoms with E-state index in [0.717, 1.165) is 6.07 Å². The second-order valence-electron chi connectivity index (χ2n) is 3.25. The zero-order valence-electron chi connectivity index (χ0n) is 8.53. The van der Waals surface area contributed by atoms with Gasteiger partial charge in [-0.05, 0) is 18.2 Å². The van der Waals surface area contributed by atoms with Gasteiger partial charge in [-0.15, -0.1) is 0 Å². The van der Waals surface area contributed by atoms with Gasteiger partial charge in [-0.3, -0.25) is 4.21 Å². The Morgan fingerprint density at radius 3 is 2.53 bits per heavy atom. The largest absolute Gasteiger partial charge is 0.478 e. The molecule has 0 heterocycles. The van der Waals surface area contributed by atoms with Gasteiger partial charge < -0.3 is 5.11 Å². The zero-order chi connectivity index (χ0) is 13.1. The van der Waals surface area contributed by atoms with Crippen LogP contribution in [0.4, 0.5) is 13.2 Å². The molecule has 1 aromatic carbocycles. The van der Waals surface area contributed by atoms with Crippen LogP contribution in [0.15, 0.2) is 29.2 Å². The molecule has 0 spiro atoms. The zero-order valence-corrected chi connectivity index (χ0v) is 9.35. The minimum absolute atomic E-state index is 0.0918. The highest BCUT2D eigenvalue weighted by Crippen LogP contribution is 2.21. The maximum atomic E-state index is 11.9. The van der Waals surface area contributed by atoms with Crippen LogP contribution in [0.2, 0.25) is 0 Å². The van der Waals surface area contributed by atoms with E-state index in [-0.39, 0.29) is 10.5 Å². The molecule has 0 aromatic heterocycles. The maximum Gasteiger partial charge on any atom is 0.390 e. The number of hydrogen-bond donors (Lipinski definition) is 1. The second kappa shape index (κ2) is 5.31. The van der Waals surface area contributed by atoms with Gasteiger partial charge in [0.1, 0.15) is 0 Å². The molecule has 17 heavy (non-hydrogen) atoms. The average Bonchev–Trinajstić information content (AvgIpc) is 2.25. The Labute approximate surface area is 97.7 Å². The van der Waals surface area contributed by atoms with Crippen molar-refractivity contribution in [3.05, 3.63) is 29.8 Å². The number of alkyl halides is 3. The van der Waals surface area contributed by atoms with Crippen LogP contribution >= 0.6 is 0 Å². The maximum absolute atomic E-state index is 11.9. The van der Waals surface area contributed by atoms with Crippen molar-refractivity contribution in [1.82, 2.24) is 0 Å². The molecular weight excluding hydrogens is 257 g/mol. The highest BCUT2D eigenvalue weighted by Gasteiger charge is 2.27. The van der Waals surface area contributed by atoms with Crippen molar-refractivity contribution < 1.29 is 27.3 Å². The van der Waals surface area contributed by atoms with Crippen LogP contribution in [0.3, 0.4) is 0 Å². The highest BCUT2D eigenvalue weighted by atomic mass is 32.2. The summed E-state index contributed by atoms with van der Waals surface area (Å²) in [5, 5.41) is 8.67. The van der Waals surface area contributed by atoms with Gasteiger partial charge in [0.2, 0.25) is 0 Å². The minimum atomic E-state index is -4.36. The summed E-state index contributed by atoms with van der Waals surface area (Å²) >= 11 is 0. The Morgan fingerprint density at radius 2 is 2.00 bits per heavy atom. The molecule has 0 aliphatic rings. The lowest BCUT2D eigenvalue weighted by atomic mass is 10.2. The lowest BCUT2D eigenvalue weighted by Crippen LogP contribution is -2.13. The van der Waals surface area contributed by atoms with E-state index in [1.807, 2.05) is 0 Å². The van der Waals surface area contributed by atoms with Crippen molar-refractivity contribution in [2.75, 3.05) is 5.75 Å². The van der Waals surface area contributed by atoms with Crippen molar-refractivity contribution in [3.63, 3.8) is 0 Å². The monoisotopic (exact) mass is 266 g/mol. The van der Waals surface area contributed by atoms with Crippen molar-refractivity contribution >= 4 is 16.8 Å². The molecule has 0 amide bonds. The van der Waals surface area contributed by atoms with Crippen LogP contribution in [0.25, 0.3) is 0 Å². The molecule has 3 nitrogen and oxygen atoms in total. The molecule has 1 aromatic rings. The molecule has 0 aliphatic carbocycles. The predicted octanol–water partition coefficient (Wildman–Crippen LogP) is 2.44. The van der Waals surface area contributed by atoms with Crippen LogP contribution in [-0.2, 0) is 10.8 Å². The van der Waals surface area contributed by atoms with E-state index in [0.29, 0.717) is 0 Å².